The molecule has 100 valence electrons. The number of aliphatic hydroxyl groups excluding tert-OH is 1. The SMILES string of the molecule is NC1CCN(S(=O)(=O)c2ccc(Br)cc2)CC1O. The Morgan fingerprint density at radius 2 is 1.94 bits per heavy atom. The van der Waals surface area contributed by atoms with E-state index in [9.17, 15) is 13.5 Å². The number of hydrogen-bond acceptors (Lipinski definition) is 4. The molecule has 0 radical (unpaired) electrons. The van der Waals surface area contributed by atoms with Gasteiger partial charge in [-0.3, -0.25) is 0 Å². The fraction of sp³-hybridized carbons (Fsp3) is 0.455. The second-order valence-corrected chi connectivity index (χ2v) is 7.19. The van der Waals surface area contributed by atoms with Crippen molar-refractivity contribution in [1.82, 2.24) is 4.31 Å². The first-order chi connectivity index (χ1) is 8.41. The number of hydrogen-bond donors (Lipinski definition) is 2. The Labute approximate surface area is 115 Å². The molecular weight excluding hydrogens is 320 g/mol. The van der Waals surface area contributed by atoms with E-state index in [1.54, 1.807) is 24.3 Å². The van der Waals surface area contributed by atoms with E-state index < -0.39 is 16.1 Å². The van der Waals surface area contributed by atoms with E-state index in [1.807, 2.05) is 0 Å². The third-order valence-corrected chi connectivity index (χ3v) is 5.46. The Bertz CT molecular complexity index is 518. The summed E-state index contributed by atoms with van der Waals surface area (Å²) in [7, 11) is -3.54. The molecule has 18 heavy (non-hydrogen) atoms. The molecule has 1 heterocycles. The number of β-amino-alcohol motifs (C(OH)–C–C–N with tert-alkyl or cyclic N) is 1. The molecule has 0 spiro atoms. The van der Waals surface area contributed by atoms with Crippen molar-refractivity contribution < 1.29 is 13.5 Å². The molecule has 0 bridgehead atoms. The van der Waals surface area contributed by atoms with Crippen molar-refractivity contribution in [3.05, 3.63) is 28.7 Å². The average molecular weight is 335 g/mol. The Morgan fingerprint density at radius 1 is 1.33 bits per heavy atom. The van der Waals surface area contributed by atoms with Gasteiger partial charge in [-0.05, 0) is 30.7 Å². The first-order valence-corrected chi connectivity index (χ1v) is 7.84. The minimum atomic E-state index is -3.54. The molecule has 1 aliphatic heterocycles. The van der Waals surface area contributed by atoms with Crippen LogP contribution in [-0.2, 0) is 10.0 Å². The summed E-state index contributed by atoms with van der Waals surface area (Å²) in [4.78, 5) is 0.230. The van der Waals surface area contributed by atoms with Crippen LogP contribution < -0.4 is 5.73 Å². The maximum atomic E-state index is 12.3. The van der Waals surface area contributed by atoms with E-state index in [4.69, 9.17) is 5.73 Å². The van der Waals surface area contributed by atoms with E-state index in [-0.39, 0.29) is 17.5 Å². The summed E-state index contributed by atoms with van der Waals surface area (Å²) in [5.74, 6) is 0. The number of rotatable bonds is 2. The summed E-state index contributed by atoms with van der Waals surface area (Å²) >= 11 is 3.26. The van der Waals surface area contributed by atoms with Gasteiger partial charge in [-0.1, -0.05) is 15.9 Å². The summed E-state index contributed by atoms with van der Waals surface area (Å²) in [5.41, 5.74) is 5.66. The van der Waals surface area contributed by atoms with Gasteiger partial charge in [0, 0.05) is 23.6 Å². The topological polar surface area (TPSA) is 83.6 Å². The van der Waals surface area contributed by atoms with Crippen LogP contribution in [0.1, 0.15) is 6.42 Å². The number of aliphatic hydroxyl groups is 1. The molecule has 0 aromatic heterocycles. The lowest BCUT2D eigenvalue weighted by Gasteiger charge is -2.33. The van der Waals surface area contributed by atoms with Crippen molar-refractivity contribution in [3.63, 3.8) is 0 Å². The number of halogens is 1. The fourth-order valence-corrected chi connectivity index (χ4v) is 3.63. The lowest BCUT2D eigenvalue weighted by molar-refractivity contribution is 0.0877. The van der Waals surface area contributed by atoms with E-state index >= 15 is 0 Å². The number of piperidine rings is 1. The zero-order valence-corrected chi connectivity index (χ0v) is 12.1. The molecule has 1 aromatic carbocycles. The Hall–Kier alpha value is -0.470. The third kappa shape index (κ3) is 2.75. The molecule has 2 rings (SSSR count). The van der Waals surface area contributed by atoms with E-state index in [0.29, 0.717) is 13.0 Å². The lowest BCUT2D eigenvalue weighted by atomic mass is 10.1. The molecule has 0 aliphatic carbocycles. The Morgan fingerprint density at radius 3 is 2.50 bits per heavy atom. The zero-order chi connectivity index (χ0) is 13.3. The molecule has 1 fully saturated rings. The van der Waals surface area contributed by atoms with Crippen LogP contribution in [0, 0.1) is 0 Å². The van der Waals surface area contributed by atoms with Gasteiger partial charge in [0.05, 0.1) is 11.0 Å². The summed E-state index contributed by atoms with van der Waals surface area (Å²) in [6.45, 7) is 0.399. The molecule has 7 heteroatoms. The van der Waals surface area contributed by atoms with Crippen LogP contribution in [-0.4, -0.2) is 43.1 Å². The molecule has 3 N–H and O–H groups in total. The van der Waals surface area contributed by atoms with Crippen LogP contribution in [0.15, 0.2) is 33.6 Å². The van der Waals surface area contributed by atoms with Crippen LogP contribution in [0.3, 0.4) is 0 Å². The summed E-state index contributed by atoms with van der Waals surface area (Å²) in [6, 6.07) is 6.10. The quantitative estimate of drug-likeness (QED) is 0.826. The van der Waals surface area contributed by atoms with Crippen LogP contribution in [0.4, 0.5) is 0 Å². The van der Waals surface area contributed by atoms with Crippen LogP contribution in [0.25, 0.3) is 0 Å². The number of sulfonamides is 1. The molecule has 1 saturated heterocycles. The minimum absolute atomic E-state index is 0.0551. The second-order valence-electron chi connectivity index (χ2n) is 4.34. The highest BCUT2D eigenvalue weighted by Crippen LogP contribution is 2.22. The Balaban J connectivity index is 2.24. The maximum Gasteiger partial charge on any atom is 0.243 e. The summed E-state index contributed by atoms with van der Waals surface area (Å²) < 4.78 is 26.7. The summed E-state index contributed by atoms with van der Waals surface area (Å²) in [5, 5.41) is 9.66. The van der Waals surface area contributed by atoms with E-state index in [2.05, 4.69) is 15.9 Å². The van der Waals surface area contributed by atoms with Crippen LogP contribution in [0.2, 0.25) is 0 Å². The average Bonchev–Trinajstić information content (AvgIpc) is 2.33. The van der Waals surface area contributed by atoms with Crippen molar-refractivity contribution in [2.75, 3.05) is 13.1 Å². The summed E-state index contributed by atoms with van der Waals surface area (Å²) in [6.07, 6.45) is -0.333. The smallest absolute Gasteiger partial charge is 0.243 e. The van der Waals surface area contributed by atoms with Crippen molar-refractivity contribution in [3.8, 4) is 0 Å². The molecule has 2 unspecified atom stereocenters. The van der Waals surface area contributed by atoms with Crippen molar-refractivity contribution in [2.24, 2.45) is 5.73 Å². The zero-order valence-electron chi connectivity index (χ0n) is 9.66. The predicted octanol–water partition coefficient (Wildman–Crippen LogP) is 0.532. The van der Waals surface area contributed by atoms with Gasteiger partial charge in [0.1, 0.15) is 0 Å². The van der Waals surface area contributed by atoms with Gasteiger partial charge in [0.2, 0.25) is 10.0 Å². The van der Waals surface area contributed by atoms with Gasteiger partial charge in [-0.15, -0.1) is 0 Å². The van der Waals surface area contributed by atoms with Gasteiger partial charge in [-0.25, -0.2) is 8.42 Å². The van der Waals surface area contributed by atoms with E-state index in [0.717, 1.165) is 4.47 Å². The van der Waals surface area contributed by atoms with Crippen molar-refractivity contribution in [1.29, 1.82) is 0 Å². The van der Waals surface area contributed by atoms with Crippen LogP contribution >= 0.6 is 15.9 Å². The second kappa shape index (κ2) is 5.26. The van der Waals surface area contributed by atoms with Gasteiger partial charge < -0.3 is 10.8 Å². The van der Waals surface area contributed by atoms with Crippen LogP contribution in [0.5, 0.6) is 0 Å². The van der Waals surface area contributed by atoms with Crippen molar-refractivity contribution in [2.45, 2.75) is 23.5 Å². The van der Waals surface area contributed by atoms with Crippen molar-refractivity contribution >= 4 is 26.0 Å². The normalized spacial score (nSPS) is 26.2. The minimum Gasteiger partial charge on any atom is -0.390 e. The number of benzene rings is 1. The predicted molar refractivity (Wildman–Crippen MR) is 71.5 cm³/mol. The third-order valence-electron chi connectivity index (χ3n) is 3.05. The highest BCUT2D eigenvalue weighted by Gasteiger charge is 2.32. The largest absolute Gasteiger partial charge is 0.390 e. The standard InChI is InChI=1S/C11H15BrN2O3S/c12-8-1-3-9(4-2-8)18(16,17)14-6-5-10(13)11(15)7-14/h1-4,10-11,15H,5-7,13H2. The first kappa shape index (κ1) is 14.0. The van der Waals surface area contributed by atoms with Gasteiger partial charge >= 0.3 is 0 Å². The first-order valence-electron chi connectivity index (χ1n) is 5.60. The number of nitrogens with zero attached hydrogens (tertiary/aromatic N) is 1. The van der Waals surface area contributed by atoms with E-state index in [1.165, 1.54) is 4.31 Å². The maximum absolute atomic E-state index is 12.3. The lowest BCUT2D eigenvalue weighted by Crippen LogP contribution is -2.52. The molecular formula is C11H15BrN2O3S. The highest BCUT2D eigenvalue weighted by molar-refractivity contribution is 9.10. The van der Waals surface area contributed by atoms with Gasteiger partial charge in [-0.2, -0.15) is 4.31 Å². The number of nitrogens with two attached hydrogens (primary N) is 1. The van der Waals surface area contributed by atoms with Gasteiger partial charge in [0.25, 0.3) is 0 Å². The molecule has 1 aliphatic rings. The monoisotopic (exact) mass is 334 g/mol. The molecule has 1 aromatic rings. The molecule has 0 saturated carbocycles. The highest BCUT2D eigenvalue weighted by atomic mass is 79.9. The van der Waals surface area contributed by atoms with Gasteiger partial charge in [0.15, 0.2) is 0 Å². The molecule has 2 atom stereocenters. The molecule has 5 nitrogen and oxygen atoms in total. The fourth-order valence-electron chi connectivity index (χ4n) is 1.89. The Kier molecular flexibility index (Phi) is 4.08. The molecule has 0 amide bonds.